The van der Waals surface area contributed by atoms with Crippen molar-refractivity contribution in [3.63, 3.8) is 0 Å². The van der Waals surface area contributed by atoms with Crippen molar-refractivity contribution in [1.82, 2.24) is 10.3 Å². The fraction of sp³-hybridized carbons (Fsp3) is 0.857. The van der Waals surface area contributed by atoms with E-state index >= 15 is 0 Å². The lowest BCUT2D eigenvalue weighted by Gasteiger charge is -2.36. The van der Waals surface area contributed by atoms with Gasteiger partial charge >= 0.3 is 0 Å². The number of amides is 1. The Kier molecular flexibility index (Phi) is 1.25. The first kappa shape index (κ1) is 7.06. The first-order valence-electron chi connectivity index (χ1n) is 3.89. The van der Waals surface area contributed by atoms with Crippen LogP contribution < -0.4 is 11.2 Å². The molecule has 0 aromatic rings. The van der Waals surface area contributed by atoms with Crippen molar-refractivity contribution in [1.29, 1.82) is 0 Å². The molecule has 1 aliphatic heterocycles. The Hall–Kier alpha value is -0.610. The zero-order valence-electron chi connectivity index (χ0n) is 6.63. The number of hydrazine groups is 1. The number of nitrogens with one attached hydrogen (secondary N) is 1. The van der Waals surface area contributed by atoms with E-state index in [-0.39, 0.29) is 17.2 Å². The standard InChI is InChI=1S/C7H13N3O/c1-9-6(11)5-2-7(5)3-10(8)4-7/h5H,2-4,8H2,1H3,(H,9,11)/t5-/m1/s1. The minimum absolute atomic E-state index is 0.179. The summed E-state index contributed by atoms with van der Waals surface area (Å²) < 4.78 is 0. The van der Waals surface area contributed by atoms with E-state index in [1.54, 1.807) is 12.1 Å². The van der Waals surface area contributed by atoms with Crippen molar-refractivity contribution in [2.24, 2.45) is 17.2 Å². The molecule has 0 aromatic carbocycles. The monoisotopic (exact) mass is 155 g/mol. The van der Waals surface area contributed by atoms with Crippen LogP contribution in [-0.4, -0.2) is 31.1 Å². The van der Waals surface area contributed by atoms with E-state index in [2.05, 4.69) is 5.32 Å². The van der Waals surface area contributed by atoms with E-state index in [1.807, 2.05) is 0 Å². The second-order valence-corrected chi connectivity index (χ2v) is 3.64. The molecule has 2 aliphatic rings. The van der Waals surface area contributed by atoms with Crippen LogP contribution in [0.25, 0.3) is 0 Å². The van der Waals surface area contributed by atoms with Gasteiger partial charge in [0.15, 0.2) is 0 Å². The fourth-order valence-corrected chi connectivity index (χ4v) is 2.00. The number of hydrogen-bond donors (Lipinski definition) is 2. The van der Waals surface area contributed by atoms with Gasteiger partial charge in [-0.3, -0.25) is 10.6 Å². The zero-order chi connectivity index (χ0) is 8.06. The number of hydrogen-bond acceptors (Lipinski definition) is 3. The number of rotatable bonds is 1. The van der Waals surface area contributed by atoms with Crippen LogP contribution in [0.5, 0.6) is 0 Å². The minimum Gasteiger partial charge on any atom is -0.359 e. The van der Waals surface area contributed by atoms with E-state index in [0.29, 0.717) is 0 Å². The summed E-state index contributed by atoms with van der Waals surface area (Å²) in [6.07, 6.45) is 1.03. The van der Waals surface area contributed by atoms with Crippen LogP contribution in [0.4, 0.5) is 0 Å². The molecule has 62 valence electrons. The van der Waals surface area contributed by atoms with E-state index in [9.17, 15) is 4.79 Å². The zero-order valence-corrected chi connectivity index (χ0v) is 6.63. The first-order chi connectivity index (χ1) is 5.18. The quantitative estimate of drug-likeness (QED) is 0.474. The Morgan fingerprint density at radius 3 is 2.82 bits per heavy atom. The summed E-state index contributed by atoms with van der Waals surface area (Å²) in [5.41, 5.74) is 0.273. The molecule has 3 N–H and O–H groups in total. The topological polar surface area (TPSA) is 58.4 Å². The smallest absolute Gasteiger partial charge is 0.223 e. The molecule has 0 aromatic heterocycles. The molecule has 1 heterocycles. The van der Waals surface area contributed by atoms with E-state index in [4.69, 9.17) is 5.84 Å². The molecular weight excluding hydrogens is 142 g/mol. The highest BCUT2D eigenvalue weighted by Gasteiger charge is 2.63. The van der Waals surface area contributed by atoms with Crippen LogP contribution in [0, 0.1) is 11.3 Å². The molecular formula is C7H13N3O. The molecule has 1 saturated heterocycles. The summed E-state index contributed by atoms with van der Waals surface area (Å²) in [5, 5.41) is 4.43. The lowest BCUT2D eigenvalue weighted by molar-refractivity contribution is -0.123. The van der Waals surface area contributed by atoms with Gasteiger partial charge in [0, 0.05) is 31.5 Å². The summed E-state index contributed by atoms with van der Waals surface area (Å²) in [6.45, 7) is 1.79. The van der Waals surface area contributed by atoms with E-state index in [0.717, 1.165) is 19.5 Å². The van der Waals surface area contributed by atoms with Gasteiger partial charge in [0.2, 0.25) is 5.91 Å². The van der Waals surface area contributed by atoms with Gasteiger partial charge in [0.05, 0.1) is 0 Å². The highest BCUT2D eigenvalue weighted by molar-refractivity contribution is 5.82. The maximum atomic E-state index is 11.1. The van der Waals surface area contributed by atoms with Crippen molar-refractivity contribution in [3.8, 4) is 0 Å². The Balaban J connectivity index is 1.91. The van der Waals surface area contributed by atoms with E-state index < -0.39 is 0 Å². The number of carbonyl (C=O) groups excluding carboxylic acids is 1. The third-order valence-corrected chi connectivity index (χ3v) is 2.79. The van der Waals surface area contributed by atoms with Crippen LogP contribution in [-0.2, 0) is 4.79 Å². The number of carbonyl (C=O) groups is 1. The third kappa shape index (κ3) is 0.862. The predicted octanol–water partition coefficient (Wildman–Crippen LogP) is -1.07. The van der Waals surface area contributed by atoms with Crippen molar-refractivity contribution in [3.05, 3.63) is 0 Å². The second-order valence-electron chi connectivity index (χ2n) is 3.64. The van der Waals surface area contributed by atoms with Crippen LogP contribution in [0.3, 0.4) is 0 Å². The maximum Gasteiger partial charge on any atom is 0.223 e. The minimum atomic E-state index is 0.179. The van der Waals surface area contributed by atoms with Gasteiger partial charge < -0.3 is 5.32 Å². The molecule has 1 saturated carbocycles. The Morgan fingerprint density at radius 2 is 2.36 bits per heavy atom. The molecule has 2 rings (SSSR count). The van der Waals surface area contributed by atoms with Gasteiger partial charge in [0.1, 0.15) is 0 Å². The summed E-state index contributed by atoms with van der Waals surface area (Å²) in [6, 6.07) is 0. The third-order valence-electron chi connectivity index (χ3n) is 2.79. The van der Waals surface area contributed by atoms with Crippen LogP contribution in [0.15, 0.2) is 0 Å². The lowest BCUT2D eigenvalue weighted by Crippen LogP contribution is -2.54. The maximum absolute atomic E-state index is 11.1. The fourth-order valence-electron chi connectivity index (χ4n) is 2.00. The van der Waals surface area contributed by atoms with E-state index in [1.165, 1.54) is 0 Å². The van der Waals surface area contributed by atoms with Gasteiger partial charge in [-0.2, -0.15) is 0 Å². The van der Waals surface area contributed by atoms with Gasteiger partial charge in [-0.05, 0) is 6.42 Å². The summed E-state index contributed by atoms with van der Waals surface area (Å²) in [5.74, 6) is 5.92. The number of nitrogens with two attached hydrogens (primary N) is 1. The van der Waals surface area contributed by atoms with Crippen molar-refractivity contribution in [2.45, 2.75) is 6.42 Å². The molecule has 0 bridgehead atoms. The number of nitrogens with zero attached hydrogens (tertiary/aromatic N) is 1. The van der Waals surface area contributed by atoms with Crippen LogP contribution in [0.2, 0.25) is 0 Å². The Bertz CT molecular complexity index is 198. The summed E-state index contributed by atoms with van der Waals surface area (Å²) in [7, 11) is 1.69. The highest BCUT2D eigenvalue weighted by atomic mass is 16.2. The highest BCUT2D eigenvalue weighted by Crippen LogP contribution is 2.57. The van der Waals surface area contributed by atoms with Crippen molar-refractivity contribution >= 4 is 5.91 Å². The summed E-state index contributed by atoms with van der Waals surface area (Å²) in [4.78, 5) is 11.1. The lowest BCUT2D eigenvalue weighted by atomic mass is 9.95. The molecule has 0 unspecified atom stereocenters. The van der Waals surface area contributed by atoms with Gasteiger partial charge in [-0.25, -0.2) is 5.01 Å². The normalized spacial score (nSPS) is 33.1. The summed E-state index contributed by atoms with van der Waals surface area (Å²) >= 11 is 0. The molecule has 2 fully saturated rings. The largest absolute Gasteiger partial charge is 0.359 e. The van der Waals surface area contributed by atoms with Crippen molar-refractivity contribution in [2.75, 3.05) is 20.1 Å². The average molecular weight is 155 g/mol. The Morgan fingerprint density at radius 1 is 1.73 bits per heavy atom. The molecule has 4 nitrogen and oxygen atoms in total. The SMILES string of the molecule is CNC(=O)[C@H]1CC12CN(N)C2. The molecule has 4 heteroatoms. The van der Waals surface area contributed by atoms with Gasteiger partial charge in [-0.1, -0.05) is 0 Å². The molecule has 0 radical (unpaired) electrons. The molecule has 1 amide bonds. The van der Waals surface area contributed by atoms with Gasteiger partial charge in [-0.15, -0.1) is 0 Å². The predicted molar refractivity (Wildman–Crippen MR) is 40.4 cm³/mol. The first-order valence-corrected chi connectivity index (χ1v) is 3.89. The van der Waals surface area contributed by atoms with Crippen molar-refractivity contribution < 1.29 is 4.79 Å². The average Bonchev–Trinajstić information content (AvgIpc) is 2.61. The van der Waals surface area contributed by atoms with Gasteiger partial charge in [0.25, 0.3) is 0 Å². The molecule has 1 aliphatic carbocycles. The molecule has 11 heavy (non-hydrogen) atoms. The van der Waals surface area contributed by atoms with Crippen LogP contribution in [0.1, 0.15) is 6.42 Å². The molecule has 1 atom stereocenters. The molecule has 1 spiro atoms. The second kappa shape index (κ2) is 1.95. The Labute approximate surface area is 65.7 Å². The van der Waals surface area contributed by atoms with Crippen LogP contribution >= 0.6 is 0 Å².